The first-order valence-corrected chi connectivity index (χ1v) is 8.63. The van der Waals surface area contributed by atoms with E-state index in [2.05, 4.69) is 9.80 Å². The van der Waals surface area contributed by atoms with E-state index in [0.29, 0.717) is 18.5 Å². The van der Waals surface area contributed by atoms with Crippen molar-refractivity contribution >= 4 is 5.91 Å². The number of rotatable bonds is 5. The van der Waals surface area contributed by atoms with E-state index in [0.717, 1.165) is 58.1 Å². The lowest BCUT2D eigenvalue weighted by molar-refractivity contribution is -0.118. The first-order chi connectivity index (χ1) is 11.5. The largest absolute Gasteiger partial charge is 0.370 e. The number of hydrogen-bond acceptors (Lipinski definition) is 3. The summed E-state index contributed by atoms with van der Waals surface area (Å²) in [6.07, 6.45) is 3.71. The van der Waals surface area contributed by atoms with Crippen LogP contribution in [0.3, 0.4) is 0 Å². The summed E-state index contributed by atoms with van der Waals surface area (Å²) in [6, 6.07) is 4.38. The number of benzene rings is 1. The number of carbonyl (C=O) groups excluding carboxylic acids is 1. The van der Waals surface area contributed by atoms with Crippen molar-refractivity contribution in [2.24, 2.45) is 11.1 Å². The van der Waals surface area contributed by atoms with Gasteiger partial charge in [0.25, 0.3) is 0 Å². The predicted octanol–water partition coefficient (Wildman–Crippen LogP) is 2.13. The van der Waals surface area contributed by atoms with Crippen LogP contribution in [-0.4, -0.2) is 48.4 Å². The van der Waals surface area contributed by atoms with Crippen molar-refractivity contribution in [1.29, 1.82) is 0 Å². The van der Waals surface area contributed by atoms with Crippen LogP contribution >= 0.6 is 0 Å². The van der Waals surface area contributed by atoms with E-state index < -0.39 is 11.6 Å². The smallest absolute Gasteiger partial charge is 0.218 e. The average Bonchev–Trinajstić information content (AvgIpc) is 2.92. The molecule has 24 heavy (non-hydrogen) atoms. The monoisotopic (exact) mass is 337 g/mol. The van der Waals surface area contributed by atoms with Crippen molar-refractivity contribution in [1.82, 2.24) is 9.80 Å². The predicted molar refractivity (Wildman–Crippen MR) is 88.2 cm³/mol. The molecule has 4 nitrogen and oxygen atoms in total. The minimum absolute atomic E-state index is 0.208. The lowest BCUT2D eigenvalue weighted by Crippen LogP contribution is -2.44. The Hall–Kier alpha value is -1.53. The van der Waals surface area contributed by atoms with Crippen LogP contribution in [-0.2, 0) is 11.3 Å². The van der Waals surface area contributed by atoms with Gasteiger partial charge in [0, 0.05) is 38.2 Å². The lowest BCUT2D eigenvalue weighted by atomic mass is 9.79. The molecule has 0 bridgehead atoms. The van der Waals surface area contributed by atoms with Gasteiger partial charge in [0.1, 0.15) is 0 Å². The molecular weight excluding hydrogens is 312 g/mol. The van der Waals surface area contributed by atoms with Crippen LogP contribution in [0.5, 0.6) is 0 Å². The molecule has 2 aliphatic rings. The topological polar surface area (TPSA) is 49.6 Å². The number of primary amides is 1. The summed E-state index contributed by atoms with van der Waals surface area (Å²) in [5.74, 6) is -1.77. The number of hydrogen-bond donors (Lipinski definition) is 1. The highest BCUT2D eigenvalue weighted by molar-refractivity contribution is 5.73. The summed E-state index contributed by atoms with van der Waals surface area (Å²) in [6.45, 7) is 4.93. The molecule has 2 heterocycles. The second-order valence-corrected chi connectivity index (χ2v) is 7.27. The summed E-state index contributed by atoms with van der Waals surface area (Å²) in [4.78, 5) is 15.5. The Balaban J connectivity index is 1.60. The molecule has 132 valence electrons. The summed E-state index contributed by atoms with van der Waals surface area (Å²) in [7, 11) is 0. The molecule has 2 saturated heterocycles. The normalized spacial score (nSPS) is 25.4. The van der Waals surface area contributed by atoms with E-state index >= 15 is 0 Å². The minimum atomic E-state index is -0.780. The fourth-order valence-electron chi connectivity index (χ4n) is 4.18. The Morgan fingerprint density at radius 2 is 1.96 bits per heavy atom. The van der Waals surface area contributed by atoms with Crippen molar-refractivity contribution in [3.8, 4) is 0 Å². The SMILES string of the molecule is NC(=O)CCN1CCC2(CCCN(Cc3cccc(F)c3F)C2)C1. The Morgan fingerprint density at radius 1 is 1.17 bits per heavy atom. The van der Waals surface area contributed by atoms with E-state index in [-0.39, 0.29) is 11.3 Å². The zero-order valence-electron chi connectivity index (χ0n) is 13.9. The fourth-order valence-corrected chi connectivity index (χ4v) is 4.18. The van der Waals surface area contributed by atoms with E-state index in [1.165, 1.54) is 0 Å². The van der Waals surface area contributed by atoms with Crippen LogP contribution in [0.2, 0.25) is 0 Å². The average molecular weight is 337 g/mol. The molecule has 1 unspecified atom stereocenters. The Bertz CT molecular complexity index is 610. The summed E-state index contributed by atoms with van der Waals surface area (Å²) in [5.41, 5.74) is 5.87. The molecule has 1 aromatic rings. The molecule has 0 radical (unpaired) electrons. The summed E-state index contributed by atoms with van der Waals surface area (Å²) in [5, 5.41) is 0. The van der Waals surface area contributed by atoms with Crippen molar-refractivity contribution in [2.45, 2.75) is 32.2 Å². The Labute approximate surface area is 141 Å². The van der Waals surface area contributed by atoms with Crippen LogP contribution in [0.1, 0.15) is 31.2 Å². The van der Waals surface area contributed by atoms with E-state index in [9.17, 15) is 13.6 Å². The van der Waals surface area contributed by atoms with Crippen molar-refractivity contribution in [3.63, 3.8) is 0 Å². The standard InChI is InChI=1S/C18H25F2N3O/c19-15-4-1-3-14(17(15)20)11-23-8-2-6-18(13-23)7-10-22(12-18)9-5-16(21)24/h1,3-4H,2,5-13H2,(H2,21,24). The van der Waals surface area contributed by atoms with Gasteiger partial charge in [-0.05, 0) is 43.8 Å². The molecule has 0 aromatic heterocycles. The van der Waals surface area contributed by atoms with Crippen LogP contribution in [0.15, 0.2) is 18.2 Å². The van der Waals surface area contributed by atoms with Crippen LogP contribution in [0, 0.1) is 17.0 Å². The lowest BCUT2D eigenvalue weighted by Gasteiger charge is -2.40. The Kier molecular flexibility index (Phi) is 5.15. The number of halogens is 2. The van der Waals surface area contributed by atoms with Crippen LogP contribution < -0.4 is 5.73 Å². The number of likely N-dealkylation sites (tertiary alicyclic amines) is 2. The zero-order chi connectivity index (χ0) is 17.2. The van der Waals surface area contributed by atoms with Gasteiger partial charge in [0.15, 0.2) is 11.6 Å². The summed E-state index contributed by atoms with van der Waals surface area (Å²) >= 11 is 0. The molecule has 2 aliphatic heterocycles. The van der Waals surface area contributed by atoms with Gasteiger partial charge in [-0.1, -0.05) is 12.1 Å². The number of nitrogens with zero attached hydrogens (tertiary/aromatic N) is 2. The van der Waals surface area contributed by atoms with Crippen molar-refractivity contribution in [3.05, 3.63) is 35.4 Å². The van der Waals surface area contributed by atoms with Gasteiger partial charge in [-0.2, -0.15) is 0 Å². The molecule has 2 N–H and O–H groups in total. The highest BCUT2D eigenvalue weighted by atomic mass is 19.2. The van der Waals surface area contributed by atoms with Gasteiger partial charge in [0.05, 0.1) is 0 Å². The maximum atomic E-state index is 13.9. The molecule has 0 aliphatic carbocycles. The molecular formula is C18H25F2N3O. The van der Waals surface area contributed by atoms with Gasteiger partial charge in [-0.25, -0.2) is 8.78 Å². The van der Waals surface area contributed by atoms with Crippen molar-refractivity contribution in [2.75, 3.05) is 32.7 Å². The third-order valence-corrected chi connectivity index (χ3v) is 5.36. The first kappa shape index (κ1) is 17.3. The highest BCUT2D eigenvalue weighted by Crippen LogP contribution is 2.39. The zero-order valence-corrected chi connectivity index (χ0v) is 13.9. The number of carbonyl (C=O) groups is 1. The molecule has 1 atom stereocenters. The number of amides is 1. The van der Waals surface area contributed by atoms with Gasteiger partial charge < -0.3 is 10.6 Å². The number of piperidine rings is 1. The molecule has 1 amide bonds. The highest BCUT2D eigenvalue weighted by Gasteiger charge is 2.41. The third kappa shape index (κ3) is 3.92. The second-order valence-electron chi connectivity index (χ2n) is 7.27. The molecule has 6 heteroatoms. The van der Waals surface area contributed by atoms with Gasteiger partial charge in [-0.15, -0.1) is 0 Å². The molecule has 3 rings (SSSR count). The maximum Gasteiger partial charge on any atom is 0.218 e. The fraction of sp³-hybridized carbons (Fsp3) is 0.611. The van der Waals surface area contributed by atoms with Gasteiger partial charge in [0.2, 0.25) is 5.91 Å². The van der Waals surface area contributed by atoms with Crippen LogP contribution in [0.4, 0.5) is 8.78 Å². The molecule has 1 spiro atoms. The number of nitrogens with two attached hydrogens (primary N) is 1. The second kappa shape index (κ2) is 7.15. The Morgan fingerprint density at radius 3 is 2.75 bits per heavy atom. The van der Waals surface area contributed by atoms with E-state index in [4.69, 9.17) is 5.73 Å². The van der Waals surface area contributed by atoms with Crippen LogP contribution in [0.25, 0.3) is 0 Å². The maximum absolute atomic E-state index is 13.9. The molecule has 2 fully saturated rings. The van der Waals surface area contributed by atoms with Gasteiger partial charge >= 0.3 is 0 Å². The molecule has 1 aromatic carbocycles. The molecule has 0 saturated carbocycles. The van der Waals surface area contributed by atoms with Crippen molar-refractivity contribution < 1.29 is 13.6 Å². The summed E-state index contributed by atoms with van der Waals surface area (Å²) < 4.78 is 27.3. The van der Waals surface area contributed by atoms with E-state index in [1.54, 1.807) is 12.1 Å². The minimum Gasteiger partial charge on any atom is -0.370 e. The van der Waals surface area contributed by atoms with Gasteiger partial charge in [-0.3, -0.25) is 9.69 Å². The van der Waals surface area contributed by atoms with E-state index in [1.807, 2.05) is 0 Å². The quantitative estimate of drug-likeness (QED) is 0.895. The first-order valence-electron chi connectivity index (χ1n) is 8.63. The third-order valence-electron chi connectivity index (χ3n) is 5.36.